The average molecular weight is 375 g/mol. The highest BCUT2D eigenvalue weighted by Crippen LogP contribution is 2.22. The first kappa shape index (κ1) is 17.4. The zero-order valence-electron chi connectivity index (χ0n) is 13.8. The highest BCUT2D eigenvalue weighted by molar-refractivity contribution is 8.01. The molecule has 3 aromatic rings. The molecule has 25 heavy (non-hydrogen) atoms. The van der Waals surface area contributed by atoms with Crippen LogP contribution in [0.4, 0.5) is 0 Å². The third-order valence-corrected chi connectivity index (χ3v) is 5.27. The Balaban J connectivity index is 1.55. The number of ether oxygens (including phenoxy) is 1. The Morgan fingerprint density at radius 1 is 1.36 bits per heavy atom. The molecule has 3 rings (SSSR count). The number of nitrogens with zero attached hydrogens (tertiary/aromatic N) is 4. The number of amides is 1. The van der Waals surface area contributed by atoms with Crippen molar-refractivity contribution in [2.24, 2.45) is 0 Å². The predicted molar refractivity (Wildman–Crippen MR) is 97.8 cm³/mol. The molecule has 2 aromatic heterocycles. The number of aryl methyl sites for hydroxylation is 1. The van der Waals surface area contributed by atoms with Crippen LogP contribution in [0.1, 0.15) is 15.4 Å². The van der Waals surface area contributed by atoms with Gasteiger partial charge >= 0.3 is 0 Å². The number of thioether (sulfide) groups is 1. The maximum atomic E-state index is 12.2. The summed E-state index contributed by atoms with van der Waals surface area (Å²) in [7, 11) is 1.60. The lowest BCUT2D eigenvalue weighted by Crippen LogP contribution is -2.25. The van der Waals surface area contributed by atoms with Gasteiger partial charge in [0.2, 0.25) is 0 Å². The van der Waals surface area contributed by atoms with E-state index in [-0.39, 0.29) is 5.91 Å². The van der Waals surface area contributed by atoms with Crippen molar-refractivity contribution in [2.45, 2.75) is 11.3 Å². The van der Waals surface area contributed by atoms with Gasteiger partial charge in [-0.2, -0.15) is 5.10 Å². The summed E-state index contributed by atoms with van der Waals surface area (Å²) in [6.07, 6.45) is 3.23. The molecule has 0 aliphatic heterocycles. The molecule has 0 saturated carbocycles. The number of carbonyl (C=O) groups is 1. The van der Waals surface area contributed by atoms with Crippen molar-refractivity contribution < 1.29 is 9.53 Å². The van der Waals surface area contributed by atoms with Crippen molar-refractivity contribution in [2.75, 3.05) is 19.4 Å². The van der Waals surface area contributed by atoms with Crippen molar-refractivity contribution in [3.8, 4) is 11.4 Å². The fraction of sp³-hybridized carbons (Fsp3) is 0.250. The highest BCUT2D eigenvalue weighted by Gasteiger charge is 2.11. The van der Waals surface area contributed by atoms with Crippen LogP contribution in [0.5, 0.6) is 5.75 Å². The smallest absolute Gasteiger partial charge is 0.254 e. The molecule has 0 saturated heterocycles. The van der Waals surface area contributed by atoms with Crippen LogP contribution >= 0.6 is 23.1 Å². The summed E-state index contributed by atoms with van der Waals surface area (Å²) in [6.45, 7) is 2.46. The second kappa shape index (κ2) is 8.13. The molecule has 1 N–H and O–H groups in total. The van der Waals surface area contributed by atoms with Crippen molar-refractivity contribution >= 4 is 29.0 Å². The predicted octanol–water partition coefficient (Wildman–Crippen LogP) is 2.56. The normalized spacial score (nSPS) is 10.6. The third kappa shape index (κ3) is 4.37. The van der Waals surface area contributed by atoms with Gasteiger partial charge in [-0.15, -0.1) is 10.2 Å². The van der Waals surface area contributed by atoms with Crippen molar-refractivity contribution in [1.82, 2.24) is 25.3 Å². The molecular formula is C16H17N5O2S2. The molecular weight excluding hydrogens is 358 g/mol. The number of carbonyl (C=O) groups excluding carboxylic acids is 1. The minimum absolute atomic E-state index is 0.157. The summed E-state index contributed by atoms with van der Waals surface area (Å²) in [4.78, 5) is 12.2. The van der Waals surface area contributed by atoms with Crippen LogP contribution in [0, 0.1) is 6.92 Å². The monoisotopic (exact) mass is 375 g/mol. The average Bonchev–Trinajstić information content (AvgIpc) is 3.27. The van der Waals surface area contributed by atoms with Gasteiger partial charge in [0.15, 0.2) is 4.34 Å². The Labute approximate surface area is 153 Å². The van der Waals surface area contributed by atoms with E-state index >= 15 is 0 Å². The lowest BCUT2D eigenvalue weighted by Gasteiger charge is -2.07. The largest absolute Gasteiger partial charge is 0.494 e. The van der Waals surface area contributed by atoms with E-state index in [1.165, 1.54) is 0 Å². The molecule has 1 aromatic carbocycles. The SMILES string of the molecule is COc1ccccc1-n1cc(C(=O)NCCSc2nnc(C)s2)cn1. The van der Waals surface area contributed by atoms with Gasteiger partial charge in [-0.05, 0) is 19.1 Å². The minimum atomic E-state index is -0.157. The van der Waals surface area contributed by atoms with Crippen LogP contribution in [0.3, 0.4) is 0 Å². The lowest BCUT2D eigenvalue weighted by atomic mass is 10.3. The Kier molecular flexibility index (Phi) is 5.67. The molecule has 0 aliphatic rings. The number of hydrogen-bond donors (Lipinski definition) is 1. The van der Waals surface area contributed by atoms with Gasteiger partial charge in [0.05, 0.1) is 18.9 Å². The highest BCUT2D eigenvalue weighted by atomic mass is 32.2. The molecule has 0 spiro atoms. The lowest BCUT2D eigenvalue weighted by molar-refractivity contribution is 0.0956. The Bertz CT molecular complexity index is 862. The number of rotatable bonds is 7. The molecule has 9 heteroatoms. The fourth-order valence-electron chi connectivity index (χ4n) is 2.13. The number of para-hydroxylation sites is 2. The number of hydrogen-bond acceptors (Lipinski definition) is 7. The van der Waals surface area contributed by atoms with Gasteiger partial charge in [0.25, 0.3) is 5.91 Å². The quantitative estimate of drug-likeness (QED) is 0.505. The number of nitrogens with one attached hydrogen (secondary N) is 1. The molecule has 0 bridgehead atoms. The minimum Gasteiger partial charge on any atom is -0.494 e. The first-order valence-electron chi connectivity index (χ1n) is 7.56. The van der Waals surface area contributed by atoms with Gasteiger partial charge < -0.3 is 10.1 Å². The van der Waals surface area contributed by atoms with E-state index in [2.05, 4.69) is 20.6 Å². The van der Waals surface area contributed by atoms with Crippen LogP contribution in [0.15, 0.2) is 41.0 Å². The van der Waals surface area contributed by atoms with Gasteiger partial charge in [-0.3, -0.25) is 4.79 Å². The summed E-state index contributed by atoms with van der Waals surface area (Å²) < 4.78 is 7.86. The summed E-state index contributed by atoms with van der Waals surface area (Å²) in [6, 6.07) is 7.51. The van der Waals surface area contributed by atoms with Crippen molar-refractivity contribution in [1.29, 1.82) is 0 Å². The summed E-state index contributed by atoms with van der Waals surface area (Å²) in [5, 5.41) is 16.1. The topological polar surface area (TPSA) is 81.9 Å². The number of methoxy groups -OCH3 is 1. The van der Waals surface area contributed by atoms with E-state index < -0.39 is 0 Å². The first-order valence-corrected chi connectivity index (χ1v) is 9.37. The van der Waals surface area contributed by atoms with Gasteiger partial charge in [-0.1, -0.05) is 35.2 Å². The van der Waals surface area contributed by atoms with Crippen molar-refractivity contribution in [3.05, 3.63) is 47.2 Å². The summed E-state index contributed by atoms with van der Waals surface area (Å²) in [5.41, 5.74) is 1.29. The first-order chi connectivity index (χ1) is 12.2. The Morgan fingerprint density at radius 2 is 2.20 bits per heavy atom. The Hall–Kier alpha value is -2.39. The molecule has 0 unspecified atom stereocenters. The van der Waals surface area contributed by atoms with Crippen LogP contribution in [-0.2, 0) is 0 Å². The van der Waals surface area contributed by atoms with E-state index in [9.17, 15) is 4.79 Å². The van der Waals surface area contributed by atoms with Gasteiger partial charge in [0, 0.05) is 18.5 Å². The second-order valence-electron chi connectivity index (χ2n) is 5.04. The van der Waals surface area contributed by atoms with E-state index in [0.717, 1.165) is 20.8 Å². The standard InChI is InChI=1S/C16H17N5O2S2/c1-11-19-20-16(25-11)24-8-7-17-15(22)12-9-18-21(10-12)13-5-3-4-6-14(13)23-2/h3-6,9-10H,7-8H2,1-2H3,(H,17,22). The number of benzene rings is 1. The molecule has 7 nitrogen and oxygen atoms in total. The summed E-state index contributed by atoms with van der Waals surface area (Å²) >= 11 is 3.13. The zero-order chi connectivity index (χ0) is 17.6. The molecule has 130 valence electrons. The van der Waals surface area contributed by atoms with Crippen LogP contribution in [0.2, 0.25) is 0 Å². The Morgan fingerprint density at radius 3 is 2.96 bits per heavy atom. The molecule has 0 fully saturated rings. The molecule has 0 atom stereocenters. The third-order valence-electron chi connectivity index (χ3n) is 3.30. The number of aromatic nitrogens is 4. The molecule has 0 aliphatic carbocycles. The van der Waals surface area contributed by atoms with Gasteiger partial charge in [0.1, 0.15) is 16.4 Å². The molecule has 2 heterocycles. The van der Waals surface area contributed by atoms with E-state index in [0.29, 0.717) is 17.9 Å². The van der Waals surface area contributed by atoms with Crippen LogP contribution in [0.25, 0.3) is 5.69 Å². The fourth-order valence-corrected chi connectivity index (χ4v) is 3.87. The van der Waals surface area contributed by atoms with E-state index in [1.54, 1.807) is 47.3 Å². The maximum absolute atomic E-state index is 12.2. The maximum Gasteiger partial charge on any atom is 0.254 e. The van der Waals surface area contributed by atoms with Crippen molar-refractivity contribution in [3.63, 3.8) is 0 Å². The molecule has 0 radical (unpaired) electrons. The van der Waals surface area contributed by atoms with E-state index in [4.69, 9.17) is 4.74 Å². The van der Waals surface area contributed by atoms with Crippen LogP contribution in [-0.4, -0.2) is 45.3 Å². The zero-order valence-corrected chi connectivity index (χ0v) is 15.4. The van der Waals surface area contributed by atoms with Crippen LogP contribution < -0.4 is 10.1 Å². The molecule has 1 amide bonds. The van der Waals surface area contributed by atoms with Gasteiger partial charge in [-0.25, -0.2) is 4.68 Å². The van der Waals surface area contributed by atoms with E-state index in [1.807, 2.05) is 31.2 Å². The summed E-state index contributed by atoms with van der Waals surface area (Å²) in [5.74, 6) is 1.28. The second-order valence-corrected chi connectivity index (χ2v) is 7.56.